The molecule has 1 aromatic rings. The zero-order valence-electron chi connectivity index (χ0n) is 11.8. The van der Waals surface area contributed by atoms with Crippen LogP contribution >= 0.6 is 11.6 Å². The highest BCUT2D eigenvalue weighted by molar-refractivity contribution is 6.30. The van der Waals surface area contributed by atoms with E-state index in [-0.39, 0.29) is 0 Å². The zero-order chi connectivity index (χ0) is 13.9. The third-order valence-electron chi connectivity index (χ3n) is 4.62. The van der Waals surface area contributed by atoms with E-state index < -0.39 is 0 Å². The van der Waals surface area contributed by atoms with Crippen molar-refractivity contribution >= 4 is 11.6 Å². The summed E-state index contributed by atoms with van der Waals surface area (Å²) < 4.78 is 5.77. The van der Waals surface area contributed by atoms with E-state index in [9.17, 15) is 0 Å². The number of hydrazine groups is 1. The number of benzene rings is 1. The second kappa shape index (κ2) is 6.33. The molecule has 0 bridgehead atoms. The maximum absolute atomic E-state index is 6.22. The van der Waals surface area contributed by atoms with Crippen molar-refractivity contribution in [3.05, 3.63) is 28.3 Å². The molecule has 0 aromatic heterocycles. The van der Waals surface area contributed by atoms with Crippen LogP contribution in [-0.4, -0.2) is 12.6 Å². The van der Waals surface area contributed by atoms with Gasteiger partial charge in [0.15, 0.2) is 0 Å². The fourth-order valence-corrected chi connectivity index (χ4v) is 3.89. The van der Waals surface area contributed by atoms with Gasteiger partial charge in [-0.05, 0) is 42.0 Å². The Balaban J connectivity index is 1.72. The van der Waals surface area contributed by atoms with E-state index >= 15 is 0 Å². The van der Waals surface area contributed by atoms with Gasteiger partial charge in [-0.15, -0.1) is 0 Å². The lowest BCUT2D eigenvalue weighted by Gasteiger charge is -2.21. The summed E-state index contributed by atoms with van der Waals surface area (Å²) in [5.41, 5.74) is 5.43. The quantitative estimate of drug-likeness (QED) is 0.647. The van der Waals surface area contributed by atoms with Crippen LogP contribution in [0.15, 0.2) is 12.1 Å². The summed E-state index contributed by atoms with van der Waals surface area (Å²) in [7, 11) is 0. The molecular weight excluding hydrogens is 272 g/mol. The number of nitrogens with one attached hydrogen (secondary N) is 1. The molecule has 3 nitrogen and oxygen atoms in total. The van der Waals surface area contributed by atoms with Crippen LogP contribution in [0.3, 0.4) is 0 Å². The first-order valence-electron chi connectivity index (χ1n) is 7.66. The fourth-order valence-electron chi connectivity index (χ4n) is 3.62. The van der Waals surface area contributed by atoms with Gasteiger partial charge < -0.3 is 4.74 Å². The molecule has 4 heteroatoms. The van der Waals surface area contributed by atoms with Gasteiger partial charge in [0.05, 0.1) is 6.61 Å². The molecular formula is C16H23ClN2O. The van der Waals surface area contributed by atoms with E-state index in [4.69, 9.17) is 22.2 Å². The molecule has 3 N–H and O–H groups in total. The lowest BCUT2D eigenvalue weighted by atomic mass is 9.93. The third-order valence-corrected chi connectivity index (χ3v) is 4.84. The molecule has 0 saturated heterocycles. The Morgan fingerprint density at radius 3 is 2.90 bits per heavy atom. The predicted octanol–water partition coefficient (Wildman–Crippen LogP) is 3.23. The van der Waals surface area contributed by atoms with E-state index in [0.29, 0.717) is 6.04 Å². The summed E-state index contributed by atoms with van der Waals surface area (Å²) in [4.78, 5) is 0. The summed E-state index contributed by atoms with van der Waals surface area (Å²) in [5, 5.41) is 0.806. The van der Waals surface area contributed by atoms with E-state index in [1.807, 2.05) is 12.1 Å². The second-order valence-electron chi connectivity index (χ2n) is 6.11. The molecule has 1 aromatic carbocycles. The number of hydrogen-bond donors (Lipinski definition) is 2. The monoisotopic (exact) mass is 294 g/mol. The summed E-state index contributed by atoms with van der Waals surface area (Å²) in [6, 6.07) is 4.37. The topological polar surface area (TPSA) is 47.3 Å². The minimum atomic E-state index is 0.310. The van der Waals surface area contributed by atoms with Crippen LogP contribution in [0.4, 0.5) is 0 Å². The highest BCUT2D eigenvalue weighted by atomic mass is 35.5. The molecule has 1 unspecified atom stereocenters. The number of ether oxygens (including phenoxy) is 1. The predicted molar refractivity (Wildman–Crippen MR) is 82.0 cm³/mol. The first-order chi connectivity index (χ1) is 9.76. The van der Waals surface area contributed by atoms with Crippen LogP contribution in [0.1, 0.15) is 43.2 Å². The average molecular weight is 295 g/mol. The van der Waals surface area contributed by atoms with Crippen molar-refractivity contribution in [3.8, 4) is 5.75 Å². The number of rotatable bonds is 5. The molecule has 0 radical (unpaired) electrons. The first-order valence-corrected chi connectivity index (χ1v) is 8.04. The minimum absolute atomic E-state index is 0.310. The van der Waals surface area contributed by atoms with Crippen LogP contribution in [-0.2, 0) is 12.8 Å². The van der Waals surface area contributed by atoms with Crippen LogP contribution in [0, 0.1) is 5.92 Å². The van der Waals surface area contributed by atoms with E-state index in [2.05, 4.69) is 5.43 Å². The van der Waals surface area contributed by atoms with Crippen molar-refractivity contribution in [2.75, 3.05) is 6.61 Å². The Morgan fingerprint density at radius 1 is 1.35 bits per heavy atom. The molecule has 0 spiro atoms. The van der Waals surface area contributed by atoms with Crippen LogP contribution in [0.25, 0.3) is 0 Å². The molecule has 1 aliphatic heterocycles. The second-order valence-corrected chi connectivity index (χ2v) is 6.54. The zero-order valence-corrected chi connectivity index (χ0v) is 12.6. The average Bonchev–Trinajstić information content (AvgIpc) is 3.08. The van der Waals surface area contributed by atoms with Gasteiger partial charge in [-0.2, -0.15) is 0 Å². The first kappa shape index (κ1) is 14.2. The Kier molecular flexibility index (Phi) is 4.49. The minimum Gasteiger partial charge on any atom is -0.493 e. The van der Waals surface area contributed by atoms with Crippen LogP contribution in [0.5, 0.6) is 5.75 Å². The maximum Gasteiger partial charge on any atom is 0.125 e. The normalized spacial score (nSPS) is 19.9. The lowest BCUT2D eigenvalue weighted by Crippen LogP contribution is -2.38. The summed E-state index contributed by atoms with van der Waals surface area (Å²) in [6.07, 6.45) is 8.46. The lowest BCUT2D eigenvalue weighted by molar-refractivity contribution is 0.346. The van der Waals surface area contributed by atoms with Crippen molar-refractivity contribution in [1.29, 1.82) is 0 Å². The molecule has 110 valence electrons. The van der Waals surface area contributed by atoms with Crippen molar-refractivity contribution in [2.45, 2.75) is 51.0 Å². The molecule has 1 fully saturated rings. The molecule has 1 atom stereocenters. The van der Waals surface area contributed by atoms with Crippen LogP contribution in [0.2, 0.25) is 5.02 Å². The van der Waals surface area contributed by atoms with E-state index in [1.165, 1.54) is 36.8 Å². The van der Waals surface area contributed by atoms with Crippen LogP contribution < -0.4 is 16.0 Å². The highest BCUT2D eigenvalue weighted by Gasteiger charge is 2.23. The third kappa shape index (κ3) is 3.11. The van der Waals surface area contributed by atoms with E-state index in [0.717, 1.165) is 42.6 Å². The fraction of sp³-hybridized carbons (Fsp3) is 0.625. The van der Waals surface area contributed by atoms with Gasteiger partial charge in [0.1, 0.15) is 5.75 Å². The number of nitrogens with two attached hydrogens (primary N) is 1. The van der Waals surface area contributed by atoms with Gasteiger partial charge in [-0.3, -0.25) is 11.3 Å². The largest absolute Gasteiger partial charge is 0.493 e. The van der Waals surface area contributed by atoms with E-state index in [1.54, 1.807) is 0 Å². The highest BCUT2D eigenvalue weighted by Crippen LogP contribution is 2.35. The molecule has 1 heterocycles. The molecule has 1 aliphatic carbocycles. The summed E-state index contributed by atoms with van der Waals surface area (Å²) >= 11 is 6.22. The smallest absolute Gasteiger partial charge is 0.125 e. The number of halogens is 1. The number of hydrogen-bond acceptors (Lipinski definition) is 3. The van der Waals surface area contributed by atoms with Gasteiger partial charge in [0.2, 0.25) is 0 Å². The van der Waals surface area contributed by atoms with Gasteiger partial charge in [-0.25, -0.2) is 0 Å². The summed E-state index contributed by atoms with van der Waals surface area (Å²) in [5.74, 6) is 7.62. The van der Waals surface area contributed by atoms with Crippen molar-refractivity contribution < 1.29 is 4.74 Å². The summed E-state index contributed by atoms with van der Waals surface area (Å²) in [6.45, 7) is 0.770. The van der Waals surface area contributed by atoms with Crippen molar-refractivity contribution in [1.82, 2.24) is 5.43 Å². The Hall–Kier alpha value is -0.770. The Bertz CT molecular complexity index is 472. The van der Waals surface area contributed by atoms with Crippen molar-refractivity contribution in [2.24, 2.45) is 11.8 Å². The van der Waals surface area contributed by atoms with Gasteiger partial charge in [0, 0.05) is 17.5 Å². The maximum atomic E-state index is 6.22. The standard InChI is InChI=1S/C16H23ClN2O/c17-14-8-12-5-6-20-16(12)13(9-14)10-15(19-18)7-11-3-1-2-4-11/h8-9,11,15,19H,1-7,10,18H2. The molecule has 1 saturated carbocycles. The Labute approximate surface area is 125 Å². The number of fused-ring (bicyclic) bond motifs is 1. The SMILES string of the molecule is NNC(Cc1cc(Cl)cc2c1OCC2)CC1CCCC1. The van der Waals surface area contributed by atoms with Gasteiger partial charge in [-0.1, -0.05) is 37.3 Å². The molecule has 3 rings (SSSR count). The van der Waals surface area contributed by atoms with Gasteiger partial charge >= 0.3 is 0 Å². The Morgan fingerprint density at radius 2 is 2.15 bits per heavy atom. The van der Waals surface area contributed by atoms with Crippen molar-refractivity contribution in [3.63, 3.8) is 0 Å². The van der Waals surface area contributed by atoms with Gasteiger partial charge in [0.25, 0.3) is 0 Å². The molecule has 0 amide bonds. The molecule has 2 aliphatic rings. The molecule has 20 heavy (non-hydrogen) atoms.